The normalized spacial score (nSPS) is 31.2. The summed E-state index contributed by atoms with van der Waals surface area (Å²) in [4.78, 5) is 128. The van der Waals surface area contributed by atoms with Crippen molar-refractivity contribution in [1.82, 2.24) is 20.2 Å². The summed E-state index contributed by atoms with van der Waals surface area (Å²) in [6.07, 6.45) is 2.52. The van der Waals surface area contributed by atoms with Gasteiger partial charge in [-0.1, -0.05) is 56.2 Å². The van der Waals surface area contributed by atoms with Crippen molar-refractivity contribution in [1.29, 1.82) is 0 Å². The summed E-state index contributed by atoms with van der Waals surface area (Å²) in [7, 11) is 5.89. The number of thioether (sulfide) groups is 1. The van der Waals surface area contributed by atoms with Crippen LogP contribution >= 0.6 is 23.4 Å². The zero-order chi connectivity index (χ0) is 56.5. The molecule has 23 heteroatoms. The molecule has 1 saturated carbocycles. The minimum atomic E-state index is -1.89. The van der Waals surface area contributed by atoms with Crippen LogP contribution in [0, 0.1) is 17.8 Å². The number of nitrogens with zero attached hydrogens (tertiary/aromatic N) is 4. The Labute approximate surface area is 457 Å². The Morgan fingerprint density at radius 1 is 1.01 bits per heavy atom. The highest BCUT2D eigenvalue weighted by molar-refractivity contribution is 8.02. The fourth-order valence-corrected chi connectivity index (χ4v) is 12.6. The smallest absolute Gasteiger partial charge is 0.409 e. The van der Waals surface area contributed by atoms with Crippen LogP contribution in [0.3, 0.4) is 0 Å². The zero-order valence-electron chi connectivity index (χ0n) is 45.4. The van der Waals surface area contributed by atoms with Gasteiger partial charge >= 0.3 is 18.0 Å². The summed E-state index contributed by atoms with van der Waals surface area (Å²) in [6, 6.07) is 2.39. The number of halogens is 1. The summed E-state index contributed by atoms with van der Waals surface area (Å²) < 4.78 is 28.9. The Kier molecular flexibility index (Phi) is 18.3. The number of anilines is 1. The van der Waals surface area contributed by atoms with Gasteiger partial charge in [-0.2, -0.15) is 0 Å². The maximum atomic E-state index is 14.4. The fraction of sp³-hybridized carbons (Fsp3) is 0.648. The number of benzene rings is 1. The SMILES string of the molecule is COc1cc2cc(c1Cl)N(C)C(=O)CC(OC(=O)[C@H](C)N(C)C(=O)CCC(C)(C)SC1CC(=O)N(CC3CCC(C(=O)ON4C(=O)CCC4=O)CC3)C1=O)[C@]1(C)O[C@H]1[C@H](C)[C@@H]1C[C@@](O)(NC(=O)O1)[C@H](OC)C=C/C=C(/C)C2. The number of aliphatic hydroxyl groups is 1. The number of nitrogens with one attached hydrogen (secondary N) is 1. The molecule has 1 aromatic rings. The van der Waals surface area contributed by atoms with Crippen LogP contribution in [0.2, 0.25) is 5.02 Å². The van der Waals surface area contributed by atoms with Gasteiger partial charge in [-0.25, -0.2) is 14.4 Å². The van der Waals surface area contributed by atoms with Gasteiger partial charge in [-0.05, 0) is 82.9 Å². The molecule has 21 nitrogen and oxygen atoms in total. The minimum Gasteiger partial charge on any atom is -0.495 e. The number of rotatable bonds is 14. The van der Waals surface area contributed by atoms with Gasteiger partial charge in [-0.3, -0.25) is 39.0 Å². The van der Waals surface area contributed by atoms with E-state index in [1.807, 2.05) is 26.8 Å². The lowest BCUT2D eigenvalue weighted by Crippen LogP contribution is -2.63. The first kappa shape index (κ1) is 59.1. The van der Waals surface area contributed by atoms with Crippen molar-refractivity contribution in [3.63, 3.8) is 0 Å². The van der Waals surface area contributed by atoms with Gasteiger partial charge in [0.05, 0.1) is 36.5 Å². The maximum absolute atomic E-state index is 14.4. The molecule has 6 aliphatic rings. The first-order valence-electron chi connectivity index (χ1n) is 26.1. The highest BCUT2D eigenvalue weighted by Crippen LogP contribution is 2.49. The average molecular weight is 1110 g/mol. The second-order valence-electron chi connectivity index (χ2n) is 22.0. The van der Waals surface area contributed by atoms with Gasteiger partial charge in [0.25, 0.3) is 11.8 Å². The number of alkyl carbamates (subject to hydrolysis) is 1. The van der Waals surface area contributed by atoms with Crippen LogP contribution in [0.25, 0.3) is 0 Å². The standard InChI is InChI=1S/C54H72ClN5O16S/c1-29-12-11-13-39(72-10)54(70)27-37(73-51(69)56-54)30(2)47-53(6,75-47)40(26-44(64)58(8)35-23-33(22-29)24-36(71-9)46(35)55)74-49(67)31(3)57(7)41(61)20-21-52(4,5)77-38-25-45(65)59(48(38)66)28-32-14-16-34(17-15-32)50(68)76-60-42(62)18-19-43(60)63/h11-13,23-24,30-32,34,37-40,47,70H,14-22,25-28H2,1-10H3,(H,56,69)/b13-11?,29-12-/t30-,31+,32?,34?,37+,38?,39-,40?,47+,53+,54+/m1/s1. The molecular weight excluding hydrogens is 1040 g/mol. The lowest BCUT2D eigenvalue weighted by molar-refractivity contribution is -0.201. The number of hydrogen-bond donors (Lipinski definition) is 2. The van der Waals surface area contributed by atoms with E-state index in [2.05, 4.69) is 5.32 Å². The molecule has 77 heavy (non-hydrogen) atoms. The van der Waals surface area contributed by atoms with Crippen molar-refractivity contribution in [3.8, 4) is 5.75 Å². The molecular formula is C54H72ClN5O16S. The molecule has 5 fully saturated rings. The van der Waals surface area contributed by atoms with E-state index in [1.54, 1.807) is 45.2 Å². The van der Waals surface area contributed by atoms with E-state index >= 15 is 0 Å². The van der Waals surface area contributed by atoms with Gasteiger partial charge in [0.1, 0.15) is 40.7 Å². The van der Waals surface area contributed by atoms with Crippen molar-refractivity contribution >= 4 is 82.5 Å². The number of esters is 1. The minimum absolute atomic E-state index is 0.00150. The molecule has 7 rings (SSSR count). The van der Waals surface area contributed by atoms with E-state index in [9.17, 15) is 48.3 Å². The number of hydroxylamine groups is 2. The molecule has 0 spiro atoms. The number of epoxide rings is 1. The third-order valence-electron chi connectivity index (χ3n) is 15.9. The number of ether oxygens (including phenoxy) is 5. The lowest BCUT2D eigenvalue weighted by Gasteiger charge is -2.42. The van der Waals surface area contributed by atoms with Gasteiger partial charge in [0, 0.05) is 70.5 Å². The highest BCUT2D eigenvalue weighted by atomic mass is 35.5. The van der Waals surface area contributed by atoms with E-state index in [0.29, 0.717) is 48.6 Å². The Bertz CT molecular complexity index is 2570. The molecule has 7 amide bonds. The molecule has 422 valence electrons. The first-order valence-corrected chi connectivity index (χ1v) is 27.4. The molecule has 4 saturated heterocycles. The quantitative estimate of drug-likeness (QED) is 0.135. The van der Waals surface area contributed by atoms with Crippen LogP contribution in [0.5, 0.6) is 5.75 Å². The van der Waals surface area contributed by atoms with Crippen molar-refractivity contribution in [3.05, 3.63) is 46.5 Å². The second-order valence-corrected chi connectivity index (χ2v) is 24.3. The number of likely N-dealkylation sites (tertiary alicyclic amines) is 1. The van der Waals surface area contributed by atoms with E-state index in [1.165, 1.54) is 54.7 Å². The third-order valence-corrected chi connectivity index (χ3v) is 17.8. The van der Waals surface area contributed by atoms with Gasteiger partial charge in [0.2, 0.25) is 23.6 Å². The summed E-state index contributed by atoms with van der Waals surface area (Å²) in [6.45, 7) is 10.8. The monoisotopic (exact) mass is 1110 g/mol. The predicted octanol–water partition coefficient (Wildman–Crippen LogP) is 5.35. The number of fused-ring (bicyclic) bond motifs is 5. The predicted molar refractivity (Wildman–Crippen MR) is 280 cm³/mol. The van der Waals surface area contributed by atoms with E-state index in [0.717, 1.165) is 11.1 Å². The Balaban J connectivity index is 0.990. The third kappa shape index (κ3) is 13.3. The summed E-state index contributed by atoms with van der Waals surface area (Å²) in [5.74, 6) is -4.90. The van der Waals surface area contributed by atoms with Crippen molar-refractivity contribution < 1.29 is 76.8 Å². The number of amides is 7. The van der Waals surface area contributed by atoms with Gasteiger partial charge < -0.3 is 43.4 Å². The molecule has 2 unspecified atom stereocenters. The molecule has 0 radical (unpaired) electrons. The van der Waals surface area contributed by atoms with Crippen LogP contribution in [0.1, 0.15) is 118 Å². The van der Waals surface area contributed by atoms with Crippen LogP contribution in [0.15, 0.2) is 35.9 Å². The lowest BCUT2D eigenvalue weighted by atomic mass is 9.82. The fourth-order valence-electron chi connectivity index (χ4n) is 10.8. The van der Waals surface area contributed by atoms with E-state index < -0.39 is 112 Å². The molecule has 5 heterocycles. The summed E-state index contributed by atoms with van der Waals surface area (Å²) in [5, 5.41) is 14.4. The highest BCUT2D eigenvalue weighted by Gasteiger charge is 2.64. The average Bonchev–Trinajstić information content (AvgIpc) is 3.99. The van der Waals surface area contributed by atoms with Gasteiger partial charge in [0.15, 0.2) is 5.72 Å². The van der Waals surface area contributed by atoms with Crippen LogP contribution < -0.4 is 15.0 Å². The van der Waals surface area contributed by atoms with E-state index in [-0.39, 0.29) is 67.8 Å². The number of likely N-dealkylation sites (N-methyl/N-ethyl adjacent to an activating group) is 1. The van der Waals surface area contributed by atoms with Crippen molar-refractivity contribution in [2.45, 2.75) is 170 Å². The van der Waals surface area contributed by atoms with Crippen LogP contribution in [-0.4, -0.2) is 160 Å². The second kappa shape index (κ2) is 23.8. The van der Waals surface area contributed by atoms with Gasteiger partial charge in [-0.15, -0.1) is 16.8 Å². The molecule has 9 atom stereocenters. The number of carbonyl (C=O) groups is 9. The largest absolute Gasteiger partial charge is 0.495 e. The molecule has 5 aliphatic heterocycles. The Morgan fingerprint density at radius 2 is 1.69 bits per heavy atom. The number of imide groups is 2. The molecule has 1 aromatic carbocycles. The summed E-state index contributed by atoms with van der Waals surface area (Å²) >= 11 is 8.14. The Morgan fingerprint density at radius 3 is 2.34 bits per heavy atom. The molecule has 2 N–H and O–H groups in total. The first-order chi connectivity index (χ1) is 36.2. The number of carbonyl (C=O) groups excluding carboxylic acids is 9. The number of hydrogen-bond acceptors (Lipinski definition) is 17. The van der Waals surface area contributed by atoms with Crippen LogP contribution in [0.4, 0.5) is 10.5 Å². The zero-order valence-corrected chi connectivity index (χ0v) is 47.0. The maximum Gasteiger partial charge on any atom is 0.409 e. The number of allylic oxidation sites excluding steroid dienone is 3. The molecule has 0 aromatic heterocycles. The van der Waals surface area contributed by atoms with Crippen LogP contribution in [-0.2, 0) is 68.6 Å². The van der Waals surface area contributed by atoms with Crippen molar-refractivity contribution in [2.24, 2.45) is 17.8 Å². The number of methoxy groups -OCH3 is 2. The van der Waals surface area contributed by atoms with E-state index in [4.69, 9.17) is 40.1 Å². The van der Waals surface area contributed by atoms with Crippen molar-refractivity contribution in [2.75, 3.05) is 39.8 Å². The summed E-state index contributed by atoms with van der Waals surface area (Å²) in [5.41, 5.74) is -1.21. The molecule has 1 aliphatic carbocycles. The molecule has 4 bridgehead atoms. The topological polar surface area (TPSA) is 258 Å². The Hall–Kier alpha value is -5.55.